The molecule has 1 atom stereocenters. The van der Waals surface area contributed by atoms with E-state index < -0.39 is 35.8 Å². The Balaban J connectivity index is 0.990. The number of hydrogen-bond acceptors (Lipinski definition) is 8. The summed E-state index contributed by atoms with van der Waals surface area (Å²) in [6.07, 6.45) is 1.94. The van der Waals surface area contributed by atoms with Crippen LogP contribution in [-0.2, 0) is 21.4 Å². The summed E-state index contributed by atoms with van der Waals surface area (Å²) < 4.78 is 37.3. The number of halogens is 2. The van der Waals surface area contributed by atoms with Gasteiger partial charge in [-0.15, -0.1) is 0 Å². The van der Waals surface area contributed by atoms with E-state index in [-0.39, 0.29) is 36.2 Å². The first-order chi connectivity index (χ1) is 24.3. The third-order valence-electron chi connectivity index (χ3n) is 9.92. The van der Waals surface area contributed by atoms with Gasteiger partial charge in [0.05, 0.1) is 34.9 Å². The summed E-state index contributed by atoms with van der Waals surface area (Å²) in [6.45, 7) is 10.3. The van der Waals surface area contributed by atoms with Gasteiger partial charge in [-0.25, -0.2) is 18.4 Å². The quantitative estimate of drug-likeness (QED) is 0.276. The summed E-state index contributed by atoms with van der Waals surface area (Å²) in [5.41, 5.74) is 0.465. The van der Waals surface area contributed by atoms with Crippen molar-refractivity contribution in [3.05, 3.63) is 46.1 Å². The molecule has 3 aliphatic rings. The van der Waals surface area contributed by atoms with Crippen LogP contribution in [0.1, 0.15) is 89.1 Å². The van der Waals surface area contributed by atoms with Crippen LogP contribution in [0.15, 0.2) is 29.2 Å². The van der Waals surface area contributed by atoms with Crippen LogP contribution in [0.4, 0.5) is 19.3 Å². The van der Waals surface area contributed by atoms with Gasteiger partial charge in [0.25, 0.3) is 6.43 Å². The number of ether oxygens (including phenoxy) is 1. The van der Waals surface area contributed by atoms with Crippen LogP contribution in [0.5, 0.6) is 0 Å². The maximum atomic E-state index is 13.7. The number of para-hydroxylation sites is 1. The largest absolute Gasteiger partial charge is 0.444 e. The fraction of sp³-hybridized carbons (Fsp3) is 0.583. The monoisotopic (exact) mass is 708 g/mol. The highest BCUT2D eigenvalue weighted by Gasteiger charge is 2.32. The molecule has 6 rings (SSSR count). The van der Waals surface area contributed by atoms with Crippen molar-refractivity contribution >= 4 is 34.6 Å². The molecule has 0 bridgehead atoms. The minimum Gasteiger partial charge on any atom is -0.444 e. The summed E-state index contributed by atoms with van der Waals surface area (Å²) in [5, 5.41) is 8.94. The van der Waals surface area contributed by atoms with Gasteiger partial charge in [0, 0.05) is 52.4 Å². The highest BCUT2D eigenvalue weighted by Crippen LogP contribution is 2.35. The molecule has 15 heteroatoms. The predicted octanol–water partition coefficient (Wildman–Crippen LogP) is 4.20. The Bertz CT molecular complexity index is 1900. The molecule has 2 aliphatic heterocycles. The van der Waals surface area contributed by atoms with E-state index in [1.54, 1.807) is 38.6 Å². The Labute approximate surface area is 295 Å². The number of imidazole rings is 1. The van der Waals surface area contributed by atoms with Gasteiger partial charge in [-0.2, -0.15) is 5.10 Å². The molecule has 13 nitrogen and oxygen atoms in total. The molecular weight excluding hydrogens is 662 g/mol. The SMILES string of the molecule is Cn1c(=O)n(C2CCC(=O)NC2=O)c2cccc(C#CCN3CCN(C[C@H]4CC[C@H](n5cc(NC(=O)OC(C)(C)C)c(C(F)F)n5)CC4)CC3)c21. The summed E-state index contributed by atoms with van der Waals surface area (Å²) in [5.74, 6) is 6.26. The smallest absolute Gasteiger partial charge is 0.412 e. The van der Waals surface area contributed by atoms with E-state index in [0.29, 0.717) is 29.1 Å². The summed E-state index contributed by atoms with van der Waals surface area (Å²) in [7, 11) is 1.67. The Kier molecular flexibility index (Phi) is 10.6. The second-order valence-corrected chi connectivity index (χ2v) is 14.7. The van der Waals surface area contributed by atoms with Gasteiger partial charge in [-0.05, 0) is 70.9 Å². The number of imide groups is 1. The van der Waals surface area contributed by atoms with Crippen LogP contribution in [0.3, 0.4) is 0 Å². The van der Waals surface area contributed by atoms with E-state index in [1.165, 1.54) is 15.3 Å². The highest BCUT2D eigenvalue weighted by molar-refractivity contribution is 6.00. The Morgan fingerprint density at radius 1 is 1.06 bits per heavy atom. The summed E-state index contributed by atoms with van der Waals surface area (Å²) >= 11 is 0. The number of carbonyl (C=O) groups excluding carboxylic acids is 3. The second kappa shape index (κ2) is 15.0. The Morgan fingerprint density at radius 3 is 2.43 bits per heavy atom. The first kappa shape index (κ1) is 36.2. The zero-order valence-corrected chi connectivity index (χ0v) is 29.6. The maximum absolute atomic E-state index is 13.7. The molecule has 1 saturated carbocycles. The highest BCUT2D eigenvalue weighted by atomic mass is 19.3. The zero-order valence-electron chi connectivity index (χ0n) is 29.6. The number of carbonyl (C=O) groups is 3. The van der Waals surface area contributed by atoms with Crippen molar-refractivity contribution in [3.8, 4) is 11.8 Å². The molecule has 2 saturated heterocycles. The van der Waals surface area contributed by atoms with Gasteiger partial charge in [0.2, 0.25) is 11.8 Å². The van der Waals surface area contributed by atoms with Gasteiger partial charge >= 0.3 is 11.8 Å². The third-order valence-corrected chi connectivity index (χ3v) is 9.92. The average Bonchev–Trinajstić information content (AvgIpc) is 3.60. The van der Waals surface area contributed by atoms with Crippen molar-refractivity contribution in [1.29, 1.82) is 0 Å². The number of benzene rings is 1. The molecule has 2 aromatic heterocycles. The van der Waals surface area contributed by atoms with Crippen molar-refractivity contribution in [1.82, 2.24) is 34.0 Å². The third kappa shape index (κ3) is 8.34. The fourth-order valence-electron chi connectivity index (χ4n) is 7.37. The number of aromatic nitrogens is 4. The number of piperazine rings is 1. The standard InChI is InChI=1S/C36H46F2N8O5/c1-36(2,3)51-34(49)39-26-22-45(41-30(26)32(37)38)25-12-10-23(11-13-25)21-44-19-17-43(18-20-44)16-6-8-24-7-5-9-27-31(24)42(4)35(50)46(27)28-14-15-29(47)40-33(28)48/h5,7,9,22-23,25,28,32H,10-21H2,1-4H3,(H,39,49)(H,40,47,48)/t23-,25-,28?. The van der Waals surface area contributed by atoms with Crippen molar-refractivity contribution < 1.29 is 27.9 Å². The molecule has 0 spiro atoms. The normalized spacial score (nSPS) is 22.1. The van der Waals surface area contributed by atoms with Crippen LogP contribution < -0.4 is 16.3 Å². The number of alkyl halides is 2. The molecule has 3 fully saturated rings. The van der Waals surface area contributed by atoms with Gasteiger partial charge < -0.3 is 9.64 Å². The lowest BCUT2D eigenvalue weighted by Gasteiger charge is -2.37. The fourth-order valence-corrected chi connectivity index (χ4v) is 7.37. The van der Waals surface area contributed by atoms with Crippen molar-refractivity contribution in [2.75, 3.05) is 44.6 Å². The number of rotatable bonds is 7. The lowest BCUT2D eigenvalue weighted by molar-refractivity contribution is -0.135. The number of hydrogen-bond donors (Lipinski definition) is 2. The van der Waals surface area contributed by atoms with E-state index in [9.17, 15) is 28.0 Å². The molecule has 0 radical (unpaired) electrons. The number of nitrogens with zero attached hydrogens (tertiary/aromatic N) is 6. The lowest BCUT2D eigenvalue weighted by Crippen LogP contribution is -2.48. The molecular formula is C36H46F2N8O5. The van der Waals surface area contributed by atoms with Gasteiger partial charge in [-0.3, -0.25) is 38.9 Å². The van der Waals surface area contributed by atoms with E-state index in [4.69, 9.17) is 4.74 Å². The summed E-state index contributed by atoms with van der Waals surface area (Å²) in [4.78, 5) is 54.4. The second-order valence-electron chi connectivity index (χ2n) is 14.7. The molecule has 3 aromatic rings. The predicted molar refractivity (Wildman–Crippen MR) is 186 cm³/mol. The molecule has 2 N–H and O–H groups in total. The van der Waals surface area contributed by atoms with Crippen molar-refractivity contribution in [3.63, 3.8) is 0 Å². The number of amides is 3. The van der Waals surface area contributed by atoms with Crippen LogP contribution in [0.2, 0.25) is 0 Å². The molecule has 51 heavy (non-hydrogen) atoms. The minimum atomic E-state index is -2.82. The van der Waals surface area contributed by atoms with Crippen LogP contribution in [0.25, 0.3) is 11.0 Å². The van der Waals surface area contributed by atoms with Gasteiger partial charge in [0.1, 0.15) is 11.6 Å². The minimum absolute atomic E-state index is 0.00684. The lowest BCUT2D eigenvalue weighted by atomic mass is 9.85. The Morgan fingerprint density at radius 2 is 1.76 bits per heavy atom. The van der Waals surface area contributed by atoms with Crippen LogP contribution in [0, 0.1) is 17.8 Å². The Hall–Kier alpha value is -4.55. The number of anilines is 1. The van der Waals surface area contributed by atoms with Crippen molar-refractivity contribution in [2.45, 2.75) is 83.4 Å². The number of piperidine rings is 1. The van der Waals surface area contributed by atoms with E-state index in [1.807, 2.05) is 12.1 Å². The average molecular weight is 709 g/mol. The molecule has 1 aliphatic carbocycles. The van der Waals surface area contributed by atoms with E-state index >= 15 is 0 Å². The molecule has 1 aromatic carbocycles. The van der Waals surface area contributed by atoms with Crippen molar-refractivity contribution in [2.24, 2.45) is 13.0 Å². The van der Waals surface area contributed by atoms with E-state index in [2.05, 4.69) is 37.4 Å². The van der Waals surface area contributed by atoms with Gasteiger partial charge in [0.15, 0.2) is 5.69 Å². The van der Waals surface area contributed by atoms with E-state index in [0.717, 1.165) is 58.4 Å². The molecule has 3 amide bonds. The van der Waals surface area contributed by atoms with Crippen LogP contribution >= 0.6 is 0 Å². The summed E-state index contributed by atoms with van der Waals surface area (Å²) in [6, 6.07) is 4.76. The van der Waals surface area contributed by atoms with Crippen LogP contribution in [-0.4, -0.2) is 91.5 Å². The molecule has 4 heterocycles. The number of nitrogens with one attached hydrogen (secondary N) is 2. The number of aryl methyl sites for hydroxylation is 1. The van der Waals surface area contributed by atoms with Gasteiger partial charge in [-0.1, -0.05) is 17.9 Å². The maximum Gasteiger partial charge on any atom is 0.412 e. The first-order valence-corrected chi connectivity index (χ1v) is 17.6. The first-order valence-electron chi connectivity index (χ1n) is 17.6. The topological polar surface area (TPSA) is 136 Å². The molecule has 1 unspecified atom stereocenters. The molecule has 274 valence electrons. The number of fused-ring (bicyclic) bond motifs is 1. The zero-order chi connectivity index (χ0) is 36.4.